The summed E-state index contributed by atoms with van der Waals surface area (Å²) < 4.78 is 5.14. The van der Waals surface area contributed by atoms with E-state index in [1.807, 2.05) is 0 Å². The van der Waals surface area contributed by atoms with Crippen LogP contribution in [0, 0.1) is 0 Å². The molecule has 0 fully saturated rings. The van der Waals surface area contributed by atoms with E-state index in [0.29, 0.717) is 0 Å². The summed E-state index contributed by atoms with van der Waals surface area (Å²) >= 11 is 3.48. The maximum absolute atomic E-state index is 5.14. The van der Waals surface area contributed by atoms with Crippen molar-refractivity contribution in [3.8, 4) is 0 Å². The van der Waals surface area contributed by atoms with Gasteiger partial charge in [-0.1, -0.05) is 29.8 Å². The molecular weight excluding hydrogens is 242 g/mol. The lowest BCUT2D eigenvalue weighted by atomic mass is 10.1. The van der Waals surface area contributed by atoms with Gasteiger partial charge in [0, 0.05) is 25.0 Å². The van der Waals surface area contributed by atoms with Crippen LogP contribution in [0.4, 0.5) is 0 Å². The largest absolute Gasteiger partial charge is 0.383 e. The van der Waals surface area contributed by atoms with Crippen molar-refractivity contribution in [2.45, 2.75) is 39.2 Å². The number of hydrogen-bond donors (Lipinski definition) is 0. The highest BCUT2D eigenvalue weighted by molar-refractivity contribution is 9.09. The topological polar surface area (TPSA) is 12.5 Å². The van der Waals surface area contributed by atoms with Gasteiger partial charge < -0.3 is 4.74 Å². The second-order valence-electron chi connectivity index (χ2n) is 3.54. The summed E-state index contributed by atoms with van der Waals surface area (Å²) in [5.74, 6) is 0. The molecule has 0 aliphatic heterocycles. The van der Waals surface area contributed by atoms with E-state index in [4.69, 9.17) is 4.74 Å². The van der Waals surface area contributed by atoms with Crippen molar-refractivity contribution < 1.29 is 4.74 Å². The number of methoxy groups -OCH3 is 1. The number of alkyl halides is 1. The zero-order valence-electron chi connectivity index (χ0n) is 9.76. The molecule has 0 rings (SSSR count). The van der Waals surface area contributed by atoms with Gasteiger partial charge in [-0.05, 0) is 25.8 Å². The van der Waals surface area contributed by atoms with Crippen LogP contribution in [0.25, 0.3) is 0 Å². The molecule has 0 aliphatic rings. The molecule has 0 saturated carbocycles. The number of halogens is 1. The van der Waals surface area contributed by atoms with Gasteiger partial charge in [0.25, 0.3) is 0 Å². The van der Waals surface area contributed by atoms with Gasteiger partial charge in [0.05, 0.1) is 6.61 Å². The summed E-state index contributed by atoms with van der Waals surface area (Å²) in [6.07, 6.45) is 3.70. The van der Waals surface area contributed by atoms with Crippen LogP contribution in [0.1, 0.15) is 33.1 Å². The van der Waals surface area contributed by atoms with E-state index >= 15 is 0 Å². The van der Waals surface area contributed by atoms with Crippen molar-refractivity contribution in [1.29, 1.82) is 0 Å². The van der Waals surface area contributed by atoms with Crippen molar-refractivity contribution in [1.82, 2.24) is 4.90 Å². The number of hydrogen-bond acceptors (Lipinski definition) is 2. The lowest BCUT2D eigenvalue weighted by molar-refractivity contribution is 0.116. The van der Waals surface area contributed by atoms with Gasteiger partial charge in [-0.2, -0.15) is 0 Å². The van der Waals surface area contributed by atoms with Gasteiger partial charge in [0.2, 0.25) is 0 Å². The van der Waals surface area contributed by atoms with Gasteiger partial charge >= 0.3 is 0 Å². The molecule has 0 aromatic heterocycles. The van der Waals surface area contributed by atoms with Crippen LogP contribution in [0.15, 0.2) is 0 Å². The molecule has 3 heteroatoms. The molecule has 0 N–H and O–H groups in total. The molecule has 0 radical (unpaired) electrons. The molecule has 0 aliphatic carbocycles. The maximum atomic E-state index is 5.14. The van der Waals surface area contributed by atoms with E-state index < -0.39 is 0 Å². The standard InChI is InChI=1S/C11H24BrNO/c1-4-11(5-2)13(8-6-7-12)9-10-14-3/h11H,4-10H2,1-3H3. The predicted octanol–water partition coefficient (Wildman–Crippen LogP) is 2.91. The Hall–Kier alpha value is 0.400. The van der Waals surface area contributed by atoms with Crippen molar-refractivity contribution in [2.24, 2.45) is 0 Å². The van der Waals surface area contributed by atoms with Gasteiger partial charge in [-0.3, -0.25) is 4.90 Å². The normalized spacial score (nSPS) is 11.6. The van der Waals surface area contributed by atoms with Crippen molar-refractivity contribution in [3.05, 3.63) is 0 Å². The van der Waals surface area contributed by atoms with Gasteiger partial charge in [-0.15, -0.1) is 0 Å². The van der Waals surface area contributed by atoms with Crippen LogP contribution < -0.4 is 0 Å². The highest BCUT2D eigenvalue weighted by Crippen LogP contribution is 2.09. The highest BCUT2D eigenvalue weighted by atomic mass is 79.9. The first-order valence-electron chi connectivity index (χ1n) is 5.59. The van der Waals surface area contributed by atoms with Crippen molar-refractivity contribution in [2.75, 3.05) is 32.1 Å². The Morgan fingerprint density at radius 3 is 2.29 bits per heavy atom. The summed E-state index contributed by atoms with van der Waals surface area (Å²) in [7, 11) is 1.77. The summed E-state index contributed by atoms with van der Waals surface area (Å²) in [6, 6.07) is 0.726. The van der Waals surface area contributed by atoms with Crippen LogP contribution in [0.2, 0.25) is 0 Å². The summed E-state index contributed by atoms with van der Waals surface area (Å²) in [4.78, 5) is 2.55. The third-order valence-electron chi connectivity index (χ3n) is 2.62. The van der Waals surface area contributed by atoms with E-state index in [-0.39, 0.29) is 0 Å². The molecule has 86 valence electrons. The summed E-state index contributed by atoms with van der Waals surface area (Å²) in [5, 5.41) is 1.09. The Morgan fingerprint density at radius 1 is 1.21 bits per heavy atom. The van der Waals surface area contributed by atoms with E-state index in [2.05, 4.69) is 34.7 Å². The molecule has 0 bridgehead atoms. The van der Waals surface area contributed by atoms with Crippen molar-refractivity contribution >= 4 is 15.9 Å². The molecule has 0 unspecified atom stereocenters. The molecule has 0 aromatic rings. The smallest absolute Gasteiger partial charge is 0.0589 e. The molecule has 0 spiro atoms. The molecular formula is C11H24BrNO. The minimum atomic E-state index is 0.726. The first kappa shape index (κ1) is 14.4. The van der Waals surface area contributed by atoms with Gasteiger partial charge in [-0.25, -0.2) is 0 Å². The third kappa shape index (κ3) is 5.99. The van der Waals surface area contributed by atoms with Crippen LogP contribution in [0.3, 0.4) is 0 Å². The summed E-state index contributed by atoms with van der Waals surface area (Å²) in [6.45, 7) is 7.62. The molecule has 0 amide bonds. The Bertz CT molecular complexity index is 110. The quantitative estimate of drug-likeness (QED) is 0.595. The molecule has 0 atom stereocenters. The number of nitrogens with zero attached hydrogens (tertiary/aromatic N) is 1. The fourth-order valence-corrected chi connectivity index (χ4v) is 2.00. The van der Waals surface area contributed by atoms with Gasteiger partial charge in [0.15, 0.2) is 0 Å². The van der Waals surface area contributed by atoms with Crippen LogP contribution in [-0.2, 0) is 4.74 Å². The van der Waals surface area contributed by atoms with Crippen LogP contribution in [-0.4, -0.2) is 43.1 Å². The zero-order valence-corrected chi connectivity index (χ0v) is 11.3. The second-order valence-corrected chi connectivity index (χ2v) is 4.33. The van der Waals surface area contributed by atoms with Crippen LogP contribution >= 0.6 is 15.9 Å². The minimum absolute atomic E-state index is 0.726. The average molecular weight is 266 g/mol. The number of ether oxygens (including phenoxy) is 1. The lowest BCUT2D eigenvalue weighted by Gasteiger charge is -2.29. The SMILES string of the molecule is CCC(CC)N(CCCBr)CCOC. The van der Waals surface area contributed by atoms with E-state index in [0.717, 1.165) is 24.5 Å². The zero-order chi connectivity index (χ0) is 10.8. The van der Waals surface area contributed by atoms with Crippen LogP contribution in [0.5, 0.6) is 0 Å². The molecule has 0 aromatic carbocycles. The van der Waals surface area contributed by atoms with Crippen molar-refractivity contribution in [3.63, 3.8) is 0 Å². The highest BCUT2D eigenvalue weighted by Gasteiger charge is 2.13. The van der Waals surface area contributed by atoms with E-state index in [9.17, 15) is 0 Å². The average Bonchev–Trinajstić information content (AvgIpc) is 2.22. The Kier molecular flexibility index (Phi) is 10.2. The second kappa shape index (κ2) is 9.94. The summed E-state index contributed by atoms with van der Waals surface area (Å²) in [5.41, 5.74) is 0. The fourth-order valence-electron chi connectivity index (χ4n) is 1.75. The number of rotatable bonds is 9. The van der Waals surface area contributed by atoms with Gasteiger partial charge in [0.1, 0.15) is 0 Å². The molecule has 14 heavy (non-hydrogen) atoms. The predicted molar refractivity (Wildman–Crippen MR) is 66.2 cm³/mol. The first-order valence-corrected chi connectivity index (χ1v) is 6.71. The van der Waals surface area contributed by atoms with E-state index in [1.54, 1.807) is 7.11 Å². The Balaban J connectivity index is 3.92. The Morgan fingerprint density at radius 2 is 1.86 bits per heavy atom. The Labute approximate surface area is 97.1 Å². The lowest BCUT2D eigenvalue weighted by Crippen LogP contribution is -2.37. The third-order valence-corrected chi connectivity index (χ3v) is 3.18. The maximum Gasteiger partial charge on any atom is 0.0589 e. The molecule has 0 heterocycles. The van der Waals surface area contributed by atoms with E-state index in [1.165, 1.54) is 25.8 Å². The first-order chi connectivity index (χ1) is 6.79. The molecule has 0 saturated heterocycles. The monoisotopic (exact) mass is 265 g/mol. The minimum Gasteiger partial charge on any atom is -0.383 e. The molecule has 2 nitrogen and oxygen atoms in total. The fraction of sp³-hybridized carbons (Fsp3) is 1.00.